The van der Waals surface area contributed by atoms with E-state index in [1.807, 2.05) is 49.4 Å². The first-order valence-electron chi connectivity index (χ1n) is 9.19. The number of anilines is 1. The average Bonchev–Trinajstić information content (AvgIpc) is 3.09. The summed E-state index contributed by atoms with van der Waals surface area (Å²) in [6, 6.07) is 19.0. The molecule has 0 spiro atoms. The second-order valence-corrected chi connectivity index (χ2v) is 6.47. The molecular weight excluding hydrogens is 373 g/mol. The smallest absolute Gasteiger partial charge is 0.388 e. The second-order valence-electron chi connectivity index (χ2n) is 6.47. The quantitative estimate of drug-likeness (QED) is 0.518. The van der Waals surface area contributed by atoms with E-state index in [-0.39, 0.29) is 18.3 Å². The van der Waals surface area contributed by atoms with Crippen molar-refractivity contribution in [3.8, 4) is 11.5 Å². The molecular formula is C22H18FN3O3. The molecule has 0 saturated heterocycles. The number of likely N-dealkylation sites (N-methyl/N-ethyl adjacent to an activating group) is 1. The van der Waals surface area contributed by atoms with Gasteiger partial charge in [-0.3, -0.25) is 4.79 Å². The Kier molecular flexibility index (Phi) is 4.95. The zero-order valence-corrected chi connectivity index (χ0v) is 15.7. The minimum absolute atomic E-state index is 0.0380. The highest BCUT2D eigenvalue weighted by Gasteiger charge is 2.20. The number of fused-ring (bicyclic) bond motifs is 1. The fourth-order valence-corrected chi connectivity index (χ4v) is 3.25. The maximum Gasteiger partial charge on any atom is 0.437 e. The van der Waals surface area contributed by atoms with Crippen LogP contribution < -0.4 is 10.7 Å². The molecule has 0 fully saturated rings. The van der Waals surface area contributed by atoms with Crippen LogP contribution in [0, 0.1) is 5.82 Å². The molecule has 4 aromatic rings. The first kappa shape index (κ1) is 18.6. The number of halogens is 1. The van der Waals surface area contributed by atoms with E-state index in [1.165, 1.54) is 24.3 Å². The van der Waals surface area contributed by atoms with Gasteiger partial charge in [0.15, 0.2) is 0 Å². The summed E-state index contributed by atoms with van der Waals surface area (Å²) in [7, 11) is 0. The molecule has 3 aromatic carbocycles. The van der Waals surface area contributed by atoms with Crippen molar-refractivity contribution in [1.29, 1.82) is 0 Å². The van der Waals surface area contributed by atoms with Crippen LogP contribution in [0.4, 0.5) is 10.1 Å². The Hall–Kier alpha value is -3.74. The van der Waals surface area contributed by atoms with Gasteiger partial charge in [0, 0.05) is 17.5 Å². The number of carbonyl (C=O) groups excluding carboxylic acids is 1. The molecule has 29 heavy (non-hydrogen) atoms. The van der Waals surface area contributed by atoms with Gasteiger partial charge in [0.1, 0.15) is 12.4 Å². The maximum absolute atomic E-state index is 13.1. The molecule has 0 aliphatic rings. The van der Waals surface area contributed by atoms with Crippen LogP contribution in [-0.4, -0.2) is 22.2 Å². The van der Waals surface area contributed by atoms with Crippen LogP contribution in [0.25, 0.3) is 22.2 Å². The topological polar surface area (TPSA) is 68.3 Å². The molecule has 1 aromatic heterocycles. The van der Waals surface area contributed by atoms with Crippen LogP contribution in [0.3, 0.4) is 0 Å². The van der Waals surface area contributed by atoms with Gasteiger partial charge in [0.05, 0.1) is 5.69 Å². The number of amides is 1. The van der Waals surface area contributed by atoms with Crippen molar-refractivity contribution in [2.45, 2.75) is 13.5 Å². The first-order chi connectivity index (χ1) is 14.1. The van der Waals surface area contributed by atoms with Crippen molar-refractivity contribution in [1.82, 2.24) is 9.78 Å². The lowest BCUT2D eigenvalue weighted by atomic mass is 10.1. The van der Waals surface area contributed by atoms with Crippen LogP contribution in [-0.2, 0) is 11.3 Å². The van der Waals surface area contributed by atoms with Crippen LogP contribution in [0.2, 0.25) is 0 Å². The predicted molar refractivity (Wildman–Crippen MR) is 108 cm³/mol. The van der Waals surface area contributed by atoms with Gasteiger partial charge < -0.3 is 9.32 Å². The van der Waals surface area contributed by atoms with Gasteiger partial charge in [0.2, 0.25) is 11.8 Å². The van der Waals surface area contributed by atoms with Crippen LogP contribution in [0.5, 0.6) is 0 Å². The molecule has 0 saturated carbocycles. The van der Waals surface area contributed by atoms with Crippen molar-refractivity contribution in [2.24, 2.45) is 0 Å². The summed E-state index contributed by atoms with van der Waals surface area (Å²) in [5.74, 6) is -1.40. The number of nitrogens with zero attached hydrogens (tertiary/aromatic N) is 3. The summed E-state index contributed by atoms with van der Waals surface area (Å²) < 4.78 is 19.2. The van der Waals surface area contributed by atoms with E-state index in [4.69, 9.17) is 4.42 Å². The van der Waals surface area contributed by atoms with E-state index < -0.39 is 11.6 Å². The third-order valence-corrected chi connectivity index (χ3v) is 4.66. The summed E-state index contributed by atoms with van der Waals surface area (Å²) in [5.41, 5.74) is 1.22. The molecule has 146 valence electrons. The van der Waals surface area contributed by atoms with E-state index in [1.54, 1.807) is 4.90 Å². The number of benzene rings is 3. The third kappa shape index (κ3) is 3.67. The van der Waals surface area contributed by atoms with E-state index in [0.29, 0.717) is 12.1 Å². The summed E-state index contributed by atoms with van der Waals surface area (Å²) in [5, 5.41) is 6.06. The zero-order chi connectivity index (χ0) is 20.4. The standard InChI is InChI=1S/C22H18FN3O3/c1-2-25(19-9-5-7-15-6-3-4-8-18(15)19)20(27)14-26-22(28)29-21(24-26)16-10-12-17(23)13-11-16/h3-13H,2,14H2,1H3. The molecule has 0 aliphatic carbocycles. The largest absolute Gasteiger partial charge is 0.437 e. The van der Waals surface area contributed by atoms with Crippen molar-refractivity contribution < 1.29 is 13.6 Å². The van der Waals surface area contributed by atoms with Crippen LogP contribution in [0.15, 0.2) is 75.9 Å². The highest BCUT2D eigenvalue weighted by Crippen LogP contribution is 2.27. The monoisotopic (exact) mass is 391 g/mol. The SMILES string of the molecule is CCN(C(=O)Cn1nc(-c2ccc(F)cc2)oc1=O)c1cccc2ccccc12. The second kappa shape index (κ2) is 7.71. The summed E-state index contributed by atoms with van der Waals surface area (Å²) in [6.07, 6.45) is 0. The van der Waals surface area contributed by atoms with Gasteiger partial charge in [0.25, 0.3) is 0 Å². The Balaban J connectivity index is 1.63. The highest BCUT2D eigenvalue weighted by molar-refractivity contribution is 6.03. The molecule has 0 aliphatic heterocycles. The average molecular weight is 391 g/mol. The number of hydrogen-bond acceptors (Lipinski definition) is 4. The van der Waals surface area contributed by atoms with Crippen molar-refractivity contribution >= 4 is 22.4 Å². The first-order valence-corrected chi connectivity index (χ1v) is 9.19. The molecule has 0 bridgehead atoms. The molecule has 1 amide bonds. The van der Waals surface area contributed by atoms with Crippen molar-refractivity contribution in [3.05, 3.63) is 83.1 Å². The molecule has 0 radical (unpaired) electrons. The lowest BCUT2D eigenvalue weighted by Crippen LogP contribution is -2.36. The van der Waals surface area contributed by atoms with Crippen molar-refractivity contribution in [2.75, 3.05) is 11.4 Å². The fraction of sp³-hybridized carbons (Fsp3) is 0.136. The van der Waals surface area contributed by atoms with Gasteiger partial charge in [-0.15, -0.1) is 5.10 Å². The van der Waals surface area contributed by atoms with Gasteiger partial charge in [-0.05, 0) is 42.6 Å². The molecule has 7 heteroatoms. The number of hydrogen-bond donors (Lipinski definition) is 0. The van der Waals surface area contributed by atoms with Gasteiger partial charge >= 0.3 is 5.76 Å². The van der Waals surface area contributed by atoms with E-state index in [0.717, 1.165) is 21.1 Å². The van der Waals surface area contributed by atoms with Gasteiger partial charge in [-0.25, -0.2) is 9.18 Å². The fourth-order valence-electron chi connectivity index (χ4n) is 3.25. The maximum atomic E-state index is 13.1. The van der Waals surface area contributed by atoms with Crippen LogP contribution in [0.1, 0.15) is 6.92 Å². The summed E-state index contributed by atoms with van der Waals surface area (Å²) in [6.45, 7) is 2.04. The summed E-state index contributed by atoms with van der Waals surface area (Å²) >= 11 is 0. The van der Waals surface area contributed by atoms with Crippen molar-refractivity contribution in [3.63, 3.8) is 0 Å². The molecule has 0 unspecified atom stereocenters. The Morgan fingerprint density at radius 3 is 2.55 bits per heavy atom. The predicted octanol–water partition coefficient (Wildman–Crippen LogP) is 3.85. The van der Waals surface area contributed by atoms with E-state index >= 15 is 0 Å². The lowest BCUT2D eigenvalue weighted by Gasteiger charge is -2.22. The normalized spacial score (nSPS) is 11.0. The lowest BCUT2D eigenvalue weighted by molar-refractivity contribution is -0.119. The Labute approximate surface area is 165 Å². The van der Waals surface area contributed by atoms with E-state index in [2.05, 4.69) is 5.10 Å². The third-order valence-electron chi connectivity index (χ3n) is 4.66. The molecule has 0 N–H and O–H groups in total. The number of carbonyl (C=O) groups is 1. The molecule has 4 rings (SSSR count). The number of rotatable bonds is 5. The van der Waals surface area contributed by atoms with Gasteiger partial charge in [-0.1, -0.05) is 36.4 Å². The van der Waals surface area contributed by atoms with E-state index in [9.17, 15) is 14.0 Å². The Morgan fingerprint density at radius 1 is 1.07 bits per heavy atom. The zero-order valence-electron chi connectivity index (χ0n) is 15.7. The molecule has 0 atom stereocenters. The molecule has 6 nitrogen and oxygen atoms in total. The Morgan fingerprint density at radius 2 is 1.79 bits per heavy atom. The highest BCUT2D eigenvalue weighted by atomic mass is 19.1. The minimum Gasteiger partial charge on any atom is -0.388 e. The van der Waals surface area contributed by atoms with Gasteiger partial charge in [-0.2, -0.15) is 4.68 Å². The number of aromatic nitrogens is 2. The van der Waals surface area contributed by atoms with Crippen LogP contribution >= 0.6 is 0 Å². The minimum atomic E-state index is -0.744. The molecule has 1 heterocycles. The summed E-state index contributed by atoms with van der Waals surface area (Å²) in [4.78, 5) is 26.7. The Bertz CT molecular complexity index is 1220.